The standard InChI is InChI=1S/C16H32N4/c1-18-8-10-20(11-9-18)13-12-19-6-4-16(5-7-19)17-14-15-2-3-15/h15-17H,2-14H2,1H3. The average molecular weight is 280 g/mol. The molecule has 3 rings (SSSR count). The summed E-state index contributed by atoms with van der Waals surface area (Å²) in [4.78, 5) is 7.75. The van der Waals surface area contributed by atoms with E-state index in [2.05, 4.69) is 27.1 Å². The van der Waals surface area contributed by atoms with Crippen molar-refractivity contribution in [3.63, 3.8) is 0 Å². The van der Waals surface area contributed by atoms with Gasteiger partial charge in [-0.25, -0.2) is 0 Å². The summed E-state index contributed by atoms with van der Waals surface area (Å²) in [7, 11) is 2.23. The molecule has 0 aromatic rings. The molecule has 2 aliphatic heterocycles. The predicted octanol–water partition coefficient (Wildman–Crippen LogP) is 0.698. The summed E-state index contributed by atoms with van der Waals surface area (Å²) in [6, 6.07) is 0.801. The first kappa shape index (κ1) is 14.8. The molecule has 1 aliphatic carbocycles. The number of likely N-dealkylation sites (N-methyl/N-ethyl adjacent to an activating group) is 1. The largest absolute Gasteiger partial charge is 0.314 e. The van der Waals surface area contributed by atoms with E-state index in [1.807, 2.05) is 0 Å². The lowest BCUT2D eigenvalue weighted by molar-refractivity contribution is 0.123. The monoisotopic (exact) mass is 280 g/mol. The van der Waals surface area contributed by atoms with E-state index in [0.717, 1.165) is 12.0 Å². The van der Waals surface area contributed by atoms with Crippen LogP contribution in [0.25, 0.3) is 0 Å². The smallest absolute Gasteiger partial charge is 0.0110 e. The molecule has 3 aliphatic rings. The highest BCUT2D eigenvalue weighted by molar-refractivity contribution is 4.82. The minimum absolute atomic E-state index is 0.801. The van der Waals surface area contributed by atoms with Crippen LogP contribution in [0.4, 0.5) is 0 Å². The van der Waals surface area contributed by atoms with Crippen molar-refractivity contribution >= 4 is 0 Å². The van der Waals surface area contributed by atoms with Gasteiger partial charge < -0.3 is 15.1 Å². The Kier molecular flexibility index (Phi) is 5.32. The highest BCUT2D eigenvalue weighted by Crippen LogP contribution is 2.28. The van der Waals surface area contributed by atoms with Crippen LogP contribution in [0.15, 0.2) is 0 Å². The van der Waals surface area contributed by atoms with Crippen molar-refractivity contribution in [2.75, 3.05) is 66.0 Å². The van der Waals surface area contributed by atoms with E-state index in [9.17, 15) is 0 Å². The molecule has 1 saturated carbocycles. The van der Waals surface area contributed by atoms with Crippen LogP contribution in [0, 0.1) is 5.92 Å². The quantitative estimate of drug-likeness (QED) is 0.773. The number of piperidine rings is 1. The fourth-order valence-electron chi connectivity index (χ4n) is 3.37. The molecule has 2 saturated heterocycles. The van der Waals surface area contributed by atoms with Crippen LogP contribution in [0.1, 0.15) is 25.7 Å². The number of likely N-dealkylation sites (tertiary alicyclic amines) is 1. The SMILES string of the molecule is CN1CCN(CCN2CCC(NCC3CC3)CC2)CC1. The molecule has 4 heteroatoms. The number of rotatable bonds is 6. The lowest BCUT2D eigenvalue weighted by Crippen LogP contribution is -2.49. The van der Waals surface area contributed by atoms with Gasteiger partial charge in [-0.2, -0.15) is 0 Å². The van der Waals surface area contributed by atoms with Crippen molar-refractivity contribution in [2.24, 2.45) is 5.92 Å². The third-order valence-corrected chi connectivity index (χ3v) is 5.31. The zero-order chi connectivity index (χ0) is 13.8. The van der Waals surface area contributed by atoms with Gasteiger partial charge in [0.25, 0.3) is 0 Å². The van der Waals surface area contributed by atoms with Crippen molar-refractivity contribution in [1.29, 1.82) is 0 Å². The van der Waals surface area contributed by atoms with E-state index in [1.54, 1.807) is 0 Å². The van der Waals surface area contributed by atoms with Crippen molar-refractivity contribution in [3.05, 3.63) is 0 Å². The molecular formula is C16H32N4. The summed E-state index contributed by atoms with van der Waals surface area (Å²) in [5.74, 6) is 1.02. The van der Waals surface area contributed by atoms with Gasteiger partial charge in [0, 0.05) is 45.3 Å². The van der Waals surface area contributed by atoms with E-state index in [1.165, 1.54) is 84.6 Å². The Morgan fingerprint density at radius 2 is 1.40 bits per heavy atom. The molecular weight excluding hydrogens is 248 g/mol. The van der Waals surface area contributed by atoms with Crippen LogP contribution in [-0.2, 0) is 0 Å². The van der Waals surface area contributed by atoms with Crippen molar-refractivity contribution in [1.82, 2.24) is 20.0 Å². The van der Waals surface area contributed by atoms with Gasteiger partial charge in [0.15, 0.2) is 0 Å². The number of hydrogen-bond acceptors (Lipinski definition) is 4. The molecule has 0 amide bonds. The second-order valence-electron chi connectivity index (χ2n) is 7.11. The summed E-state index contributed by atoms with van der Waals surface area (Å²) in [5.41, 5.74) is 0. The zero-order valence-electron chi connectivity index (χ0n) is 13.2. The molecule has 0 unspecified atom stereocenters. The maximum Gasteiger partial charge on any atom is 0.0110 e. The lowest BCUT2D eigenvalue weighted by atomic mass is 10.0. The normalized spacial score (nSPS) is 28.1. The van der Waals surface area contributed by atoms with E-state index in [-0.39, 0.29) is 0 Å². The van der Waals surface area contributed by atoms with Crippen LogP contribution in [0.2, 0.25) is 0 Å². The molecule has 0 atom stereocenters. The Morgan fingerprint density at radius 3 is 2.00 bits per heavy atom. The van der Waals surface area contributed by atoms with Gasteiger partial charge in [-0.05, 0) is 58.3 Å². The second-order valence-corrected chi connectivity index (χ2v) is 7.11. The number of nitrogens with zero attached hydrogens (tertiary/aromatic N) is 3. The van der Waals surface area contributed by atoms with Gasteiger partial charge in [-0.15, -0.1) is 0 Å². The average Bonchev–Trinajstić information content (AvgIpc) is 3.30. The molecule has 0 bridgehead atoms. The summed E-state index contributed by atoms with van der Waals surface area (Å²) in [5, 5.41) is 3.77. The van der Waals surface area contributed by atoms with E-state index < -0.39 is 0 Å². The molecule has 0 spiro atoms. The van der Waals surface area contributed by atoms with Crippen LogP contribution in [0.3, 0.4) is 0 Å². The molecule has 1 N–H and O–H groups in total. The van der Waals surface area contributed by atoms with Gasteiger partial charge in [0.1, 0.15) is 0 Å². The summed E-state index contributed by atoms with van der Waals surface area (Å²) in [6.45, 7) is 11.4. The molecule has 20 heavy (non-hydrogen) atoms. The zero-order valence-corrected chi connectivity index (χ0v) is 13.2. The Hall–Kier alpha value is -0.160. The molecule has 0 aromatic carbocycles. The Morgan fingerprint density at radius 1 is 0.800 bits per heavy atom. The van der Waals surface area contributed by atoms with Crippen molar-refractivity contribution < 1.29 is 0 Å². The summed E-state index contributed by atoms with van der Waals surface area (Å²) >= 11 is 0. The van der Waals surface area contributed by atoms with Crippen LogP contribution in [-0.4, -0.2) is 86.7 Å². The topological polar surface area (TPSA) is 21.8 Å². The second kappa shape index (κ2) is 7.21. The van der Waals surface area contributed by atoms with Crippen molar-refractivity contribution in [3.8, 4) is 0 Å². The van der Waals surface area contributed by atoms with Crippen LogP contribution < -0.4 is 5.32 Å². The fraction of sp³-hybridized carbons (Fsp3) is 1.00. The first-order chi connectivity index (χ1) is 9.79. The number of hydrogen-bond donors (Lipinski definition) is 1. The third-order valence-electron chi connectivity index (χ3n) is 5.31. The highest BCUT2D eigenvalue weighted by Gasteiger charge is 2.24. The molecule has 4 nitrogen and oxygen atoms in total. The highest BCUT2D eigenvalue weighted by atomic mass is 15.3. The number of piperazine rings is 1. The number of nitrogens with one attached hydrogen (secondary N) is 1. The molecule has 2 heterocycles. The van der Waals surface area contributed by atoms with E-state index in [0.29, 0.717) is 0 Å². The Bertz CT molecular complexity index is 276. The Labute approximate surface area is 124 Å². The van der Waals surface area contributed by atoms with Crippen LogP contribution >= 0.6 is 0 Å². The third kappa shape index (κ3) is 4.69. The minimum Gasteiger partial charge on any atom is -0.314 e. The van der Waals surface area contributed by atoms with Gasteiger partial charge >= 0.3 is 0 Å². The first-order valence-corrected chi connectivity index (χ1v) is 8.66. The van der Waals surface area contributed by atoms with E-state index in [4.69, 9.17) is 0 Å². The van der Waals surface area contributed by atoms with E-state index >= 15 is 0 Å². The van der Waals surface area contributed by atoms with Crippen molar-refractivity contribution in [2.45, 2.75) is 31.7 Å². The minimum atomic E-state index is 0.801. The van der Waals surface area contributed by atoms with Crippen LogP contribution in [0.5, 0.6) is 0 Å². The fourth-order valence-corrected chi connectivity index (χ4v) is 3.37. The Balaban J connectivity index is 1.26. The van der Waals surface area contributed by atoms with Gasteiger partial charge in [0.2, 0.25) is 0 Å². The molecule has 0 radical (unpaired) electrons. The maximum absolute atomic E-state index is 3.77. The summed E-state index contributed by atoms with van der Waals surface area (Å²) < 4.78 is 0. The maximum atomic E-state index is 3.77. The lowest BCUT2D eigenvalue weighted by Gasteiger charge is -2.36. The first-order valence-electron chi connectivity index (χ1n) is 8.66. The predicted molar refractivity (Wildman–Crippen MR) is 84.1 cm³/mol. The molecule has 0 aromatic heterocycles. The molecule has 116 valence electrons. The van der Waals surface area contributed by atoms with Gasteiger partial charge in [0.05, 0.1) is 0 Å². The summed E-state index contributed by atoms with van der Waals surface area (Å²) in [6.07, 6.45) is 5.65. The van der Waals surface area contributed by atoms with Gasteiger partial charge in [-0.1, -0.05) is 0 Å². The molecule has 3 fully saturated rings. The van der Waals surface area contributed by atoms with Gasteiger partial charge in [-0.3, -0.25) is 4.90 Å².